The molecule has 1 saturated heterocycles. The lowest BCUT2D eigenvalue weighted by atomic mass is 10.1. The zero-order chi connectivity index (χ0) is 11.5. The Labute approximate surface area is 103 Å². The van der Waals surface area contributed by atoms with E-state index in [2.05, 4.69) is 33.0 Å². The number of hydrogen-bond acceptors (Lipinski definition) is 2. The van der Waals surface area contributed by atoms with Crippen LogP contribution in [0.5, 0.6) is 0 Å². The first-order chi connectivity index (χ1) is 7.65. The van der Waals surface area contributed by atoms with Crippen LogP contribution < -0.4 is 0 Å². The van der Waals surface area contributed by atoms with Crippen molar-refractivity contribution in [3.63, 3.8) is 0 Å². The Morgan fingerprint density at radius 3 is 2.69 bits per heavy atom. The van der Waals surface area contributed by atoms with E-state index in [1.54, 1.807) is 0 Å². The van der Waals surface area contributed by atoms with Crippen molar-refractivity contribution in [2.45, 2.75) is 13.0 Å². The normalized spacial score (nSPS) is 21.2. The van der Waals surface area contributed by atoms with Gasteiger partial charge in [0, 0.05) is 17.6 Å². The third kappa shape index (κ3) is 2.83. The molecule has 0 aromatic heterocycles. The van der Waals surface area contributed by atoms with E-state index in [-0.39, 0.29) is 5.92 Å². The van der Waals surface area contributed by atoms with Crippen LogP contribution in [0.1, 0.15) is 12.0 Å². The van der Waals surface area contributed by atoms with E-state index < -0.39 is 5.97 Å². The smallest absolute Gasteiger partial charge is 0.307 e. The number of benzene rings is 1. The summed E-state index contributed by atoms with van der Waals surface area (Å²) in [6.07, 6.45) is 0.770. The topological polar surface area (TPSA) is 40.5 Å². The molecule has 0 radical (unpaired) electrons. The molecular formula is C12H14BrNO2. The van der Waals surface area contributed by atoms with Crippen molar-refractivity contribution in [2.24, 2.45) is 5.92 Å². The minimum Gasteiger partial charge on any atom is -0.481 e. The Hall–Kier alpha value is -0.870. The molecule has 0 saturated carbocycles. The lowest BCUT2D eigenvalue weighted by molar-refractivity contribution is -0.141. The zero-order valence-electron chi connectivity index (χ0n) is 8.90. The van der Waals surface area contributed by atoms with Crippen LogP contribution in [0.4, 0.5) is 0 Å². The molecule has 16 heavy (non-hydrogen) atoms. The molecule has 1 aliphatic rings. The highest BCUT2D eigenvalue weighted by molar-refractivity contribution is 9.10. The van der Waals surface area contributed by atoms with Crippen LogP contribution in [-0.4, -0.2) is 29.1 Å². The summed E-state index contributed by atoms with van der Waals surface area (Å²) >= 11 is 3.40. The molecule has 1 atom stereocenters. The first kappa shape index (κ1) is 11.6. The van der Waals surface area contributed by atoms with Gasteiger partial charge in [0.1, 0.15) is 0 Å². The van der Waals surface area contributed by atoms with E-state index in [0.29, 0.717) is 6.54 Å². The fourth-order valence-electron chi connectivity index (χ4n) is 2.03. The number of rotatable bonds is 3. The van der Waals surface area contributed by atoms with Crippen molar-refractivity contribution in [1.29, 1.82) is 0 Å². The lowest BCUT2D eigenvalue weighted by Gasteiger charge is -2.15. The molecule has 0 spiro atoms. The monoisotopic (exact) mass is 283 g/mol. The lowest BCUT2D eigenvalue weighted by Crippen LogP contribution is -2.22. The fraction of sp³-hybridized carbons (Fsp3) is 0.417. The number of likely N-dealkylation sites (tertiary alicyclic amines) is 1. The number of carboxylic acids is 1. The molecule has 0 unspecified atom stereocenters. The largest absolute Gasteiger partial charge is 0.481 e. The highest BCUT2D eigenvalue weighted by Crippen LogP contribution is 2.19. The molecule has 2 rings (SSSR count). The quantitative estimate of drug-likeness (QED) is 0.926. The van der Waals surface area contributed by atoms with Crippen LogP contribution >= 0.6 is 15.9 Å². The molecule has 0 aliphatic carbocycles. The van der Waals surface area contributed by atoms with Gasteiger partial charge in [-0.3, -0.25) is 9.69 Å². The fourth-order valence-corrected chi connectivity index (χ4v) is 2.29. The van der Waals surface area contributed by atoms with E-state index in [1.165, 1.54) is 5.56 Å². The highest BCUT2D eigenvalue weighted by atomic mass is 79.9. The maximum absolute atomic E-state index is 10.8. The van der Waals surface area contributed by atoms with Gasteiger partial charge >= 0.3 is 5.97 Å². The summed E-state index contributed by atoms with van der Waals surface area (Å²) in [5, 5.41) is 8.90. The first-order valence-corrected chi connectivity index (χ1v) is 6.14. The Bertz CT molecular complexity index is 377. The summed E-state index contributed by atoms with van der Waals surface area (Å²) < 4.78 is 1.07. The predicted molar refractivity (Wildman–Crippen MR) is 65.2 cm³/mol. The van der Waals surface area contributed by atoms with Crippen LogP contribution in [0.25, 0.3) is 0 Å². The van der Waals surface area contributed by atoms with Crippen LogP contribution in [-0.2, 0) is 11.3 Å². The summed E-state index contributed by atoms with van der Waals surface area (Å²) in [6, 6.07) is 8.16. The Morgan fingerprint density at radius 1 is 1.44 bits per heavy atom. The van der Waals surface area contributed by atoms with Gasteiger partial charge in [-0.2, -0.15) is 0 Å². The SMILES string of the molecule is O=C(O)[C@@H]1CCN(Cc2ccc(Br)cc2)C1. The van der Waals surface area contributed by atoms with Crippen LogP contribution in [0.3, 0.4) is 0 Å². The molecule has 1 fully saturated rings. The number of carbonyl (C=O) groups is 1. The van der Waals surface area contributed by atoms with E-state index in [0.717, 1.165) is 24.0 Å². The molecule has 86 valence electrons. The van der Waals surface area contributed by atoms with Crippen LogP contribution in [0.15, 0.2) is 28.7 Å². The number of nitrogens with zero attached hydrogens (tertiary/aromatic N) is 1. The van der Waals surface area contributed by atoms with E-state index in [9.17, 15) is 4.79 Å². The summed E-state index contributed by atoms with van der Waals surface area (Å²) in [6.45, 7) is 2.40. The summed E-state index contributed by atoms with van der Waals surface area (Å²) in [5.74, 6) is -0.853. The third-order valence-corrected chi connectivity index (χ3v) is 3.47. The van der Waals surface area contributed by atoms with Gasteiger partial charge < -0.3 is 5.11 Å². The van der Waals surface area contributed by atoms with Gasteiger partial charge in [-0.25, -0.2) is 0 Å². The Kier molecular flexibility index (Phi) is 3.61. The van der Waals surface area contributed by atoms with Gasteiger partial charge in [0.2, 0.25) is 0 Å². The molecule has 1 aromatic carbocycles. The predicted octanol–water partition coefficient (Wildman–Crippen LogP) is 2.36. The number of halogens is 1. The summed E-state index contributed by atoms with van der Waals surface area (Å²) in [4.78, 5) is 13.0. The molecule has 3 nitrogen and oxygen atoms in total. The second-order valence-corrected chi connectivity index (χ2v) is 5.10. The van der Waals surface area contributed by atoms with Crippen LogP contribution in [0.2, 0.25) is 0 Å². The van der Waals surface area contributed by atoms with Gasteiger partial charge in [-0.05, 0) is 30.7 Å². The summed E-state index contributed by atoms with van der Waals surface area (Å²) in [5.41, 5.74) is 1.23. The number of hydrogen-bond donors (Lipinski definition) is 1. The molecule has 1 aromatic rings. The van der Waals surface area contributed by atoms with Gasteiger partial charge in [-0.1, -0.05) is 28.1 Å². The highest BCUT2D eigenvalue weighted by Gasteiger charge is 2.27. The Morgan fingerprint density at radius 2 is 2.12 bits per heavy atom. The summed E-state index contributed by atoms with van der Waals surface area (Å²) in [7, 11) is 0. The molecule has 4 heteroatoms. The second-order valence-electron chi connectivity index (χ2n) is 4.19. The molecular weight excluding hydrogens is 270 g/mol. The maximum atomic E-state index is 10.8. The number of aliphatic carboxylic acids is 1. The van der Waals surface area contributed by atoms with E-state index >= 15 is 0 Å². The van der Waals surface area contributed by atoms with Gasteiger partial charge in [-0.15, -0.1) is 0 Å². The van der Waals surface area contributed by atoms with Gasteiger partial charge in [0.15, 0.2) is 0 Å². The van der Waals surface area contributed by atoms with Gasteiger partial charge in [0.25, 0.3) is 0 Å². The third-order valence-electron chi connectivity index (χ3n) is 2.94. The number of carboxylic acid groups (broad SMARTS) is 1. The van der Waals surface area contributed by atoms with Crippen molar-refractivity contribution < 1.29 is 9.90 Å². The minimum absolute atomic E-state index is 0.185. The van der Waals surface area contributed by atoms with Crippen molar-refractivity contribution in [1.82, 2.24) is 4.90 Å². The zero-order valence-corrected chi connectivity index (χ0v) is 10.5. The Balaban J connectivity index is 1.92. The standard InChI is InChI=1S/C12H14BrNO2/c13-11-3-1-9(2-4-11)7-14-6-5-10(8-14)12(15)16/h1-4,10H,5-8H2,(H,15,16)/t10-/m1/s1. The van der Waals surface area contributed by atoms with Crippen molar-refractivity contribution in [3.05, 3.63) is 34.3 Å². The maximum Gasteiger partial charge on any atom is 0.307 e. The molecule has 1 aliphatic heterocycles. The first-order valence-electron chi connectivity index (χ1n) is 5.35. The average molecular weight is 284 g/mol. The van der Waals surface area contributed by atoms with Crippen molar-refractivity contribution in [3.8, 4) is 0 Å². The van der Waals surface area contributed by atoms with Crippen LogP contribution in [0, 0.1) is 5.92 Å². The second kappa shape index (κ2) is 4.97. The minimum atomic E-state index is -0.668. The van der Waals surface area contributed by atoms with E-state index in [1.807, 2.05) is 12.1 Å². The average Bonchev–Trinajstić information content (AvgIpc) is 2.70. The molecule has 0 bridgehead atoms. The van der Waals surface area contributed by atoms with Gasteiger partial charge in [0.05, 0.1) is 5.92 Å². The molecule has 1 heterocycles. The molecule has 0 amide bonds. The van der Waals surface area contributed by atoms with Crippen molar-refractivity contribution >= 4 is 21.9 Å². The van der Waals surface area contributed by atoms with Crippen molar-refractivity contribution in [2.75, 3.05) is 13.1 Å². The van der Waals surface area contributed by atoms with E-state index in [4.69, 9.17) is 5.11 Å². The molecule has 1 N–H and O–H groups in total.